The highest BCUT2D eigenvalue weighted by molar-refractivity contribution is 5.53. The molecule has 1 aliphatic carbocycles. The number of rotatable bonds is 3. The zero-order valence-electron chi connectivity index (χ0n) is 11.1. The van der Waals surface area contributed by atoms with E-state index in [2.05, 4.69) is 5.32 Å². The summed E-state index contributed by atoms with van der Waals surface area (Å²) in [5.41, 5.74) is 4.99. The summed E-state index contributed by atoms with van der Waals surface area (Å²) in [5.74, 6) is -1.82. The van der Waals surface area contributed by atoms with Crippen LogP contribution >= 0.6 is 0 Å². The van der Waals surface area contributed by atoms with E-state index in [-0.39, 0.29) is 24.1 Å². The van der Waals surface area contributed by atoms with Crippen LogP contribution in [0.25, 0.3) is 0 Å². The third kappa shape index (κ3) is 2.34. The van der Waals surface area contributed by atoms with E-state index in [9.17, 15) is 18.9 Å². The SMILES string of the molecule is NC1C2CCCOC2C1Nc1c(F)cc([N+](=O)[O-])cc1F. The summed E-state index contributed by atoms with van der Waals surface area (Å²) in [6.07, 6.45) is 1.71. The highest BCUT2D eigenvalue weighted by Gasteiger charge is 2.50. The third-order valence-corrected chi connectivity index (χ3v) is 4.23. The van der Waals surface area contributed by atoms with Gasteiger partial charge < -0.3 is 15.8 Å². The molecule has 0 radical (unpaired) electrons. The van der Waals surface area contributed by atoms with Gasteiger partial charge in [-0.2, -0.15) is 0 Å². The molecule has 1 saturated heterocycles. The summed E-state index contributed by atoms with van der Waals surface area (Å²) >= 11 is 0. The topological polar surface area (TPSA) is 90.4 Å². The predicted molar refractivity (Wildman–Crippen MR) is 70.9 cm³/mol. The zero-order chi connectivity index (χ0) is 15.1. The van der Waals surface area contributed by atoms with E-state index >= 15 is 0 Å². The molecule has 21 heavy (non-hydrogen) atoms. The molecule has 4 unspecified atom stereocenters. The average Bonchev–Trinajstić information content (AvgIpc) is 2.45. The van der Waals surface area contributed by atoms with Gasteiger partial charge in [-0.25, -0.2) is 8.78 Å². The molecule has 2 fully saturated rings. The van der Waals surface area contributed by atoms with Crippen LogP contribution in [0.15, 0.2) is 12.1 Å². The van der Waals surface area contributed by atoms with E-state index in [4.69, 9.17) is 10.5 Å². The van der Waals surface area contributed by atoms with Crippen LogP contribution in [-0.2, 0) is 4.74 Å². The number of halogens is 2. The fourth-order valence-corrected chi connectivity index (χ4v) is 3.10. The van der Waals surface area contributed by atoms with Gasteiger partial charge in [0.05, 0.1) is 29.2 Å². The van der Waals surface area contributed by atoms with Crippen molar-refractivity contribution >= 4 is 11.4 Å². The Hall–Kier alpha value is -1.80. The molecule has 1 aromatic rings. The molecule has 1 heterocycles. The lowest BCUT2D eigenvalue weighted by Crippen LogP contribution is -2.69. The number of nitro groups is 1. The lowest BCUT2D eigenvalue weighted by Gasteiger charge is -2.52. The Balaban J connectivity index is 1.80. The molecule has 0 spiro atoms. The molecule has 6 nitrogen and oxygen atoms in total. The average molecular weight is 299 g/mol. The van der Waals surface area contributed by atoms with Crippen molar-refractivity contribution in [2.45, 2.75) is 31.0 Å². The van der Waals surface area contributed by atoms with Gasteiger partial charge >= 0.3 is 0 Å². The summed E-state index contributed by atoms with van der Waals surface area (Å²) in [5, 5.41) is 13.3. The maximum Gasteiger partial charge on any atom is 0.275 e. The molecule has 1 saturated carbocycles. The molecular formula is C13H15F2N3O3. The Bertz CT molecular complexity index is 561. The van der Waals surface area contributed by atoms with Crippen molar-refractivity contribution in [3.05, 3.63) is 33.9 Å². The fraction of sp³-hybridized carbons (Fsp3) is 0.538. The van der Waals surface area contributed by atoms with Crippen LogP contribution in [0.5, 0.6) is 0 Å². The standard InChI is InChI=1S/C13H15F2N3O3/c14-8-4-6(18(19)20)5-9(15)11(8)17-12-10(16)7-2-1-3-21-13(7)12/h4-5,7,10,12-13,17H,1-3,16H2. The first-order valence-corrected chi connectivity index (χ1v) is 6.76. The molecule has 2 aliphatic rings. The van der Waals surface area contributed by atoms with Gasteiger partial charge in [-0.05, 0) is 12.8 Å². The number of nitrogens with one attached hydrogen (secondary N) is 1. The van der Waals surface area contributed by atoms with E-state index in [1.165, 1.54) is 0 Å². The van der Waals surface area contributed by atoms with E-state index < -0.39 is 27.9 Å². The summed E-state index contributed by atoms with van der Waals surface area (Å²) in [6.45, 7) is 0.608. The summed E-state index contributed by atoms with van der Waals surface area (Å²) < 4.78 is 33.3. The summed E-state index contributed by atoms with van der Waals surface area (Å²) in [6, 6.07) is 0.744. The predicted octanol–water partition coefficient (Wildman–Crippen LogP) is 1.79. The van der Waals surface area contributed by atoms with Crippen LogP contribution in [0.1, 0.15) is 12.8 Å². The van der Waals surface area contributed by atoms with Crippen molar-refractivity contribution in [1.29, 1.82) is 0 Å². The Kier molecular flexibility index (Phi) is 3.50. The number of ether oxygens (including phenoxy) is 1. The number of hydrogen-bond donors (Lipinski definition) is 2. The number of nitrogens with two attached hydrogens (primary N) is 1. The van der Waals surface area contributed by atoms with Crippen LogP contribution in [-0.4, -0.2) is 29.7 Å². The molecule has 1 aromatic carbocycles. The molecule has 3 N–H and O–H groups in total. The first-order chi connectivity index (χ1) is 9.99. The number of non-ortho nitro benzene ring substituents is 1. The molecule has 0 aromatic heterocycles. The number of nitro benzene ring substituents is 1. The number of nitrogens with zero attached hydrogens (tertiary/aromatic N) is 1. The smallest absolute Gasteiger partial charge is 0.275 e. The molecule has 3 rings (SSSR count). The molecular weight excluding hydrogens is 284 g/mol. The minimum absolute atomic E-state index is 0.164. The van der Waals surface area contributed by atoms with Gasteiger partial charge in [0.15, 0.2) is 11.6 Å². The summed E-state index contributed by atoms with van der Waals surface area (Å²) in [7, 11) is 0. The van der Waals surface area contributed by atoms with Gasteiger partial charge in [0.2, 0.25) is 0 Å². The van der Waals surface area contributed by atoms with Crippen LogP contribution < -0.4 is 11.1 Å². The van der Waals surface area contributed by atoms with Crippen molar-refractivity contribution in [3.63, 3.8) is 0 Å². The van der Waals surface area contributed by atoms with Gasteiger partial charge in [-0.3, -0.25) is 10.1 Å². The van der Waals surface area contributed by atoms with E-state index in [1.807, 2.05) is 0 Å². The van der Waals surface area contributed by atoms with Crippen molar-refractivity contribution in [2.24, 2.45) is 11.7 Å². The Morgan fingerprint density at radius 2 is 2.05 bits per heavy atom. The fourth-order valence-electron chi connectivity index (χ4n) is 3.10. The first-order valence-electron chi connectivity index (χ1n) is 6.76. The highest BCUT2D eigenvalue weighted by atomic mass is 19.1. The van der Waals surface area contributed by atoms with Gasteiger partial charge in [0, 0.05) is 18.6 Å². The second-order valence-corrected chi connectivity index (χ2v) is 5.43. The van der Waals surface area contributed by atoms with E-state index in [0.29, 0.717) is 18.7 Å². The van der Waals surface area contributed by atoms with Crippen molar-refractivity contribution in [3.8, 4) is 0 Å². The van der Waals surface area contributed by atoms with Crippen LogP contribution in [0, 0.1) is 27.7 Å². The molecule has 1 aliphatic heterocycles. The molecule has 0 amide bonds. The number of anilines is 1. The largest absolute Gasteiger partial charge is 0.376 e. The number of fused-ring (bicyclic) bond motifs is 1. The lowest BCUT2D eigenvalue weighted by molar-refractivity contribution is -0.385. The van der Waals surface area contributed by atoms with Crippen LogP contribution in [0.2, 0.25) is 0 Å². The Morgan fingerprint density at radius 3 is 2.67 bits per heavy atom. The normalized spacial score (nSPS) is 31.2. The first kappa shape index (κ1) is 14.2. The quantitative estimate of drug-likeness (QED) is 0.656. The summed E-state index contributed by atoms with van der Waals surface area (Å²) in [4.78, 5) is 9.72. The minimum atomic E-state index is -1.01. The van der Waals surface area contributed by atoms with Crippen molar-refractivity contribution in [2.75, 3.05) is 11.9 Å². The zero-order valence-corrected chi connectivity index (χ0v) is 11.1. The monoisotopic (exact) mass is 299 g/mol. The molecule has 114 valence electrons. The third-order valence-electron chi connectivity index (χ3n) is 4.23. The van der Waals surface area contributed by atoms with Crippen molar-refractivity contribution in [1.82, 2.24) is 0 Å². The van der Waals surface area contributed by atoms with Gasteiger partial charge in [-0.1, -0.05) is 0 Å². The van der Waals surface area contributed by atoms with Gasteiger partial charge in [0.1, 0.15) is 5.69 Å². The van der Waals surface area contributed by atoms with Gasteiger partial charge in [-0.15, -0.1) is 0 Å². The van der Waals surface area contributed by atoms with E-state index in [1.54, 1.807) is 0 Å². The van der Waals surface area contributed by atoms with Gasteiger partial charge in [0.25, 0.3) is 5.69 Å². The maximum atomic E-state index is 13.9. The number of hydrogen-bond acceptors (Lipinski definition) is 5. The minimum Gasteiger partial charge on any atom is -0.376 e. The second kappa shape index (κ2) is 5.19. The van der Waals surface area contributed by atoms with Crippen molar-refractivity contribution < 1.29 is 18.4 Å². The van der Waals surface area contributed by atoms with Crippen LogP contribution in [0.4, 0.5) is 20.2 Å². The molecule has 8 heteroatoms. The molecule has 4 atom stereocenters. The Morgan fingerprint density at radius 1 is 1.38 bits per heavy atom. The number of benzene rings is 1. The second-order valence-electron chi connectivity index (χ2n) is 5.43. The van der Waals surface area contributed by atoms with Crippen LogP contribution in [0.3, 0.4) is 0 Å². The Labute approximate surface area is 119 Å². The maximum absolute atomic E-state index is 13.9. The lowest BCUT2D eigenvalue weighted by atomic mass is 9.68. The van der Waals surface area contributed by atoms with E-state index in [0.717, 1.165) is 12.8 Å². The molecule has 0 bridgehead atoms. The highest BCUT2D eigenvalue weighted by Crippen LogP contribution is 2.39.